The molecule has 2 saturated carbocycles. The van der Waals surface area contributed by atoms with E-state index in [0.29, 0.717) is 0 Å². The van der Waals surface area contributed by atoms with Crippen molar-refractivity contribution in [3.8, 4) is 0 Å². The molecule has 3 rings (SSSR count). The SMILES string of the molecule is CCCC1CC(NCC2CCC2)CN(C(C)C2CCC2)C1. The van der Waals surface area contributed by atoms with E-state index in [1.54, 1.807) is 0 Å². The third-order valence-electron chi connectivity index (χ3n) is 6.59. The molecule has 3 fully saturated rings. The average molecular weight is 293 g/mol. The second kappa shape index (κ2) is 7.46. The fourth-order valence-corrected chi connectivity index (χ4v) is 4.59. The molecule has 2 heteroatoms. The van der Waals surface area contributed by atoms with Crippen LogP contribution in [0.3, 0.4) is 0 Å². The Hall–Kier alpha value is -0.0800. The Bertz CT molecular complexity index is 309. The maximum atomic E-state index is 3.93. The smallest absolute Gasteiger partial charge is 0.0198 e. The highest BCUT2D eigenvalue weighted by atomic mass is 15.2. The first-order chi connectivity index (χ1) is 10.3. The van der Waals surface area contributed by atoms with E-state index in [2.05, 4.69) is 24.1 Å². The molecule has 0 amide bonds. The predicted octanol–water partition coefficient (Wildman–Crippen LogP) is 4.06. The molecule has 0 bridgehead atoms. The van der Waals surface area contributed by atoms with Crippen LogP contribution in [-0.2, 0) is 0 Å². The van der Waals surface area contributed by atoms with Crippen LogP contribution in [0.25, 0.3) is 0 Å². The lowest BCUT2D eigenvalue weighted by atomic mass is 9.78. The molecular weight excluding hydrogens is 256 g/mol. The molecule has 1 N–H and O–H groups in total. The molecule has 122 valence electrons. The molecule has 2 nitrogen and oxygen atoms in total. The van der Waals surface area contributed by atoms with E-state index in [0.717, 1.165) is 29.8 Å². The first-order valence-electron chi connectivity index (χ1n) is 9.73. The minimum absolute atomic E-state index is 0.762. The molecular formula is C19H36N2. The van der Waals surface area contributed by atoms with E-state index in [9.17, 15) is 0 Å². The number of hydrogen-bond acceptors (Lipinski definition) is 2. The van der Waals surface area contributed by atoms with Gasteiger partial charge in [-0.2, -0.15) is 0 Å². The van der Waals surface area contributed by atoms with Crippen molar-refractivity contribution in [1.29, 1.82) is 0 Å². The molecule has 0 spiro atoms. The highest BCUT2D eigenvalue weighted by molar-refractivity contribution is 4.90. The topological polar surface area (TPSA) is 15.3 Å². The molecule has 1 heterocycles. The third kappa shape index (κ3) is 4.01. The normalized spacial score (nSPS) is 33.4. The van der Waals surface area contributed by atoms with Gasteiger partial charge in [0.15, 0.2) is 0 Å². The number of hydrogen-bond donors (Lipinski definition) is 1. The third-order valence-corrected chi connectivity index (χ3v) is 6.59. The molecule has 0 aromatic carbocycles. The van der Waals surface area contributed by atoms with E-state index >= 15 is 0 Å². The van der Waals surface area contributed by atoms with Crippen LogP contribution in [0.4, 0.5) is 0 Å². The van der Waals surface area contributed by atoms with E-state index in [4.69, 9.17) is 0 Å². The van der Waals surface area contributed by atoms with Crippen LogP contribution in [0.5, 0.6) is 0 Å². The van der Waals surface area contributed by atoms with Crippen molar-refractivity contribution in [1.82, 2.24) is 10.2 Å². The summed E-state index contributed by atoms with van der Waals surface area (Å²) in [7, 11) is 0. The van der Waals surface area contributed by atoms with Gasteiger partial charge in [-0.25, -0.2) is 0 Å². The van der Waals surface area contributed by atoms with Gasteiger partial charge >= 0.3 is 0 Å². The van der Waals surface area contributed by atoms with Crippen molar-refractivity contribution in [2.24, 2.45) is 17.8 Å². The summed E-state index contributed by atoms with van der Waals surface area (Å²) in [5, 5.41) is 3.93. The molecule has 3 unspecified atom stereocenters. The van der Waals surface area contributed by atoms with Gasteiger partial charge in [0, 0.05) is 25.2 Å². The second-order valence-corrected chi connectivity index (χ2v) is 8.18. The van der Waals surface area contributed by atoms with Crippen molar-refractivity contribution in [2.45, 2.75) is 83.7 Å². The zero-order valence-electron chi connectivity index (χ0n) is 14.3. The molecule has 0 aromatic rings. The van der Waals surface area contributed by atoms with Crippen LogP contribution >= 0.6 is 0 Å². The van der Waals surface area contributed by atoms with Crippen LogP contribution in [0, 0.1) is 17.8 Å². The van der Waals surface area contributed by atoms with Gasteiger partial charge in [-0.05, 0) is 69.7 Å². The standard InChI is InChI=1S/C19H36N2/c1-3-6-17-11-19(20-12-16-7-4-8-16)14-21(13-17)15(2)18-9-5-10-18/h15-20H,3-14H2,1-2H3. The summed E-state index contributed by atoms with van der Waals surface area (Å²) in [4.78, 5) is 2.84. The fraction of sp³-hybridized carbons (Fsp3) is 1.00. The first-order valence-corrected chi connectivity index (χ1v) is 9.73. The quantitative estimate of drug-likeness (QED) is 0.761. The number of nitrogens with one attached hydrogen (secondary N) is 1. The summed E-state index contributed by atoms with van der Waals surface area (Å²) >= 11 is 0. The monoisotopic (exact) mass is 292 g/mol. The molecule has 1 saturated heterocycles. The molecule has 1 aliphatic heterocycles. The summed E-state index contributed by atoms with van der Waals surface area (Å²) in [6.45, 7) is 8.82. The van der Waals surface area contributed by atoms with E-state index in [1.807, 2.05) is 0 Å². The van der Waals surface area contributed by atoms with Crippen molar-refractivity contribution in [3.63, 3.8) is 0 Å². The summed E-state index contributed by atoms with van der Waals surface area (Å²) in [5.41, 5.74) is 0. The maximum absolute atomic E-state index is 3.93. The van der Waals surface area contributed by atoms with Crippen LogP contribution in [0.1, 0.15) is 71.6 Å². The van der Waals surface area contributed by atoms with Gasteiger partial charge in [0.05, 0.1) is 0 Å². The number of piperidine rings is 1. The predicted molar refractivity (Wildman–Crippen MR) is 90.5 cm³/mol. The van der Waals surface area contributed by atoms with Gasteiger partial charge < -0.3 is 5.32 Å². The zero-order valence-corrected chi connectivity index (χ0v) is 14.3. The van der Waals surface area contributed by atoms with Crippen LogP contribution in [0.2, 0.25) is 0 Å². The number of nitrogens with zero attached hydrogens (tertiary/aromatic N) is 1. The highest BCUT2D eigenvalue weighted by Crippen LogP contribution is 2.34. The van der Waals surface area contributed by atoms with Gasteiger partial charge in [-0.3, -0.25) is 4.90 Å². The molecule has 3 aliphatic rings. The van der Waals surface area contributed by atoms with Crippen molar-refractivity contribution in [2.75, 3.05) is 19.6 Å². The summed E-state index contributed by atoms with van der Waals surface area (Å²) in [6.07, 6.45) is 13.1. The average Bonchev–Trinajstić information content (AvgIpc) is 2.35. The molecule has 0 aromatic heterocycles. The number of rotatable bonds is 7. The van der Waals surface area contributed by atoms with Gasteiger partial charge in [0.25, 0.3) is 0 Å². The lowest BCUT2D eigenvalue weighted by molar-refractivity contribution is 0.0476. The van der Waals surface area contributed by atoms with Crippen LogP contribution < -0.4 is 5.32 Å². The van der Waals surface area contributed by atoms with Crippen molar-refractivity contribution >= 4 is 0 Å². The van der Waals surface area contributed by atoms with Crippen molar-refractivity contribution in [3.05, 3.63) is 0 Å². The van der Waals surface area contributed by atoms with Gasteiger partial charge in [0.2, 0.25) is 0 Å². The Balaban J connectivity index is 1.51. The minimum atomic E-state index is 0.762. The molecule has 21 heavy (non-hydrogen) atoms. The van der Waals surface area contributed by atoms with E-state index in [-0.39, 0.29) is 0 Å². The lowest BCUT2D eigenvalue weighted by Gasteiger charge is -2.46. The zero-order chi connectivity index (χ0) is 14.7. The van der Waals surface area contributed by atoms with Crippen LogP contribution in [0.15, 0.2) is 0 Å². The van der Waals surface area contributed by atoms with Crippen molar-refractivity contribution < 1.29 is 0 Å². The first kappa shape index (κ1) is 15.8. The fourth-order valence-electron chi connectivity index (χ4n) is 4.59. The molecule has 3 atom stereocenters. The second-order valence-electron chi connectivity index (χ2n) is 8.18. The van der Waals surface area contributed by atoms with E-state index in [1.165, 1.54) is 77.4 Å². The van der Waals surface area contributed by atoms with Gasteiger partial charge in [-0.1, -0.05) is 26.2 Å². The molecule has 0 radical (unpaired) electrons. The Labute approximate surface area is 132 Å². The minimum Gasteiger partial charge on any atom is -0.312 e. The summed E-state index contributed by atoms with van der Waals surface area (Å²) < 4.78 is 0. The Morgan fingerprint density at radius 3 is 2.38 bits per heavy atom. The number of likely N-dealkylation sites (tertiary alicyclic amines) is 1. The van der Waals surface area contributed by atoms with Gasteiger partial charge in [0.1, 0.15) is 0 Å². The Morgan fingerprint density at radius 1 is 1.05 bits per heavy atom. The largest absolute Gasteiger partial charge is 0.312 e. The maximum Gasteiger partial charge on any atom is 0.0198 e. The Morgan fingerprint density at radius 2 is 1.81 bits per heavy atom. The summed E-state index contributed by atoms with van der Waals surface area (Å²) in [6, 6.07) is 1.59. The van der Waals surface area contributed by atoms with E-state index < -0.39 is 0 Å². The van der Waals surface area contributed by atoms with Crippen LogP contribution in [-0.4, -0.2) is 36.6 Å². The Kier molecular flexibility index (Phi) is 5.61. The summed E-state index contributed by atoms with van der Waals surface area (Å²) in [5.74, 6) is 2.93. The molecule has 2 aliphatic carbocycles. The van der Waals surface area contributed by atoms with Gasteiger partial charge in [-0.15, -0.1) is 0 Å². The lowest BCUT2D eigenvalue weighted by Crippen LogP contribution is -2.55. The highest BCUT2D eigenvalue weighted by Gasteiger charge is 2.34.